The average molecular weight is 579 g/mol. The first-order valence-electron chi connectivity index (χ1n) is 13.6. The van der Waals surface area contributed by atoms with Crippen molar-refractivity contribution >= 4 is 29.9 Å². The molecule has 8 nitrogen and oxygen atoms in total. The Morgan fingerprint density at radius 1 is 1.07 bits per heavy atom. The molecule has 2 amide bonds. The first-order chi connectivity index (χ1) is 18.8. The van der Waals surface area contributed by atoms with Crippen LogP contribution in [-0.2, 0) is 11.3 Å². The van der Waals surface area contributed by atoms with Crippen LogP contribution in [0.1, 0.15) is 72.6 Å². The van der Waals surface area contributed by atoms with Gasteiger partial charge in [0.2, 0.25) is 5.91 Å². The van der Waals surface area contributed by atoms with Gasteiger partial charge in [-0.25, -0.2) is 9.50 Å². The fourth-order valence-corrected chi connectivity index (χ4v) is 5.71. The number of halogens is 4. The van der Waals surface area contributed by atoms with Crippen LogP contribution in [0.2, 0.25) is 0 Å². The Morgan fingerprint density at radius 2 is 1.82 bits per heavy atom. The summed E-state index contributed by atoms with van der Waals surface area (Å²) in [6.45, 7) is 0.405. The van der Waals surface area contributed by atoms with Crippen LogP contribution in [0.5, 0.6) is 0 Å². The molecular formula is C28H34ClF3N6O2. The van der Waals surface area contributed by atoms with E-state index in [1.165, 1.54) is 6.42 Å². The minimum absolute atomic E-state index is 0. The number of nitrogens with zero attached hydrogens (tertiary/aromatic N) is 3. The van der Waals surface area contributed by atoms with Crippen molar-refractivity contribution in [2.75, 3.05) is 6.54 Å². The lowest BCUT2D eigenvalue weighted by molar-refractivity contribution is -0.190. The molecule has 0 radical (unpaired) electrons. The predicted molar refractivity (Wildman–Crippen MR) is 146 cm³/mol. The zero-order valence-electron chi connectivity index (χ0n) is 22.0. The van der Waals surface area contributed by atoms with E-state index in [1.54, 1.807) is 28.9 Å². The zero-order chi connectivity index (χ0) is 27.4. The van der Waals surface area contributed by atoms with Gasteiger partial charge in [-0.15, -0.1) is 12.4 Å². The average Bonchev–Trinajstić information content (AvgIpc) is 3.38. The van der Waals surface area contributed by atoms with Crippen LogP contribution in [-0.4, -0.2) is 45.2 Å². The normalized spacial score (nSPS) is 20.9. The number of benzene rings is 1. The van der Waals surface area contributed by atoms with Gasteiger partial charge in [-0.05, 0) is 61.9 Å². The number of imidazole rings is 1. The van der Waals surface area contributed by atoms with Crippen LogP contribution in [0.15, 0.2) is 48.8 Å². The number of carbonyl (C=O) groups is 2. The molecule has 3 heterocycles. The molecule has 216 valence electrons. The molecule has 40 heavy (non-hydrogen) atoms. The van der Waals surface area contributed by atoms with Crippen molar-refractivity contribution in [2.45, 2.75) is 69.8 Å². The number of carbonyl (C=O) groups excluding carboxylic acids is 2. The smallest absolute Gasteiger partial charge is 0.351 e. The number of hydrogen-bond donors (Lipinski definition) is 3. The summed E-state index contributed by atoms with van der Waals surface area (Å²) in [4.78, 5) is 30.4. The summed E-state index contributed by atoms with van der Waals surface area (Å²) < 4.78 is 41.8. The number of nitrogens with one attached hydrogen (secondary N) is 3. The van der Waals surface area contributed by atoms with Gasteiger partial charge in [-0.1, -0.05) is 37.5 Å². The maximum Gasteiger partial charge on any atom is 0.393 e. The van der Waals surface area contributed by atoms with Crippen LogP contribution in [0.3, 0.4) is 0 Å². The molecule has 2 fully saturated rings. The van der Waals surface area contributed by atoms with Crippen molar-refractivity contribution in [3.8, 4) is 0 Å². The highest BCUT2D eigenvalue weighted by Gasteiger charge is 2.48. The van der Waals surface area contributed by atoms with E-state index in [0.717, 1.165) is 25.7 Å². The summed E-state index contributed by atoms with van der Waals surface area (Å²) in [5.74, 6) is -2.29. The van der Waals surface area contributed by atoms with E-state index < -0.39 is 24.0 Å². The lowest BCUT2D eigenvalue weighted by atomic mass is 9.82. The molecule has 1 aromatic carbocycles. The van der Waals surface area contributed by atoms with Gasteiger partial charge in [0.15, 0.2) is 5.65 Å². The lowest BCUT2D eigenvalue weighted by Crippen LogP contribution is -2.55. The van der Waals surface area contributed by atoms with E-state index in [1.807, 2.05) is 24.4 Å². The Labute approximate surface area is 236 Å². The fourth-order valence-electron chi connectivity index (χ4n) is 5.71. The maximum absolute atomic E-state index is 13.4. The number of rotatable bonds is 7. The van der Waals surface area contributed by atoms with E-state index in [0.29, 0.717) is 35.4 Å². The molecule has 0 unspecified atom stereocenters. The molecule has 0 spiro atoms. The van der Waals surface area contributed by atoms with Crippen molar-refractivity contribution in [1.82, 2.24) is 30.5 Å². The van der Waals surface area contributed by atoms with Gasteiger partial charge >= 0.3 is 6.18 Å². The third-order valence-corrected chi connectivity index (χ3v) is 7.79. The monoisotopic (exact) mass is 578 g/mol. The molecule has 12 heteroatoms. The van der Waals surface area contributed by atoms with Crippen LogP contribution in [0, 0.1) is 11.8 Å². The highest BCUT2D eigenvalue weighted by molar-refractivity contribution is 5.94. The zero-order valence-corrected chi connectivity index (χ0v) is 22.8. The number of amides is 2. The van der Waals surface area contributed by atoms with E-state index in [-0.39, 0.29) is 43.2 Å². The number of piperidine rings is 1. The van der Waals surface area contributed by atoms with Crippen molar-refractivity contribution in [3.05, 3.63) is 65.6 Å². The molecule has 5 rings (SSSR count). The largest absolute Gasteiger partial charge is 0.393 e. The van der Waals surface area contributed by atoms with Crippen LogP contribution >= 0.6 is 12.4 Å². The van der Waals surface area contributed by atoms with Gasteiger partial charge < -0.3 is 16.0 Å². The Balaban J connectivity index is 0.00000370. The standard InChI is InChI=1S/C28H33F3N6O2.ClH/c29-28(30,31)21-12-7-13-32-25(21)27(39)33-15-18-14-23-35-22(17-37(23)34-16-18)24(19-8-3-1-4-9-19)36-26(38)20-10-5-2-6-11-20;/h2,5-6,10-11,14,16-17,19,21,24-25,32H,1,3-4,7-9,12-13,15H2,(H,33,39)(H,36,38);1H/t21-,24-,25-;/m0./s1. The Morgan fingerprint density at radius 3 is 2.55 bits per heavy atom. The molecule has 3 aromatic rings. The molecule has 3 atom stereocenters. The van der Waals surface area contributed by atoms with Gasteiger partial charge in [-0.2, -0.15) is 18.3 Å². The number of fused-ring (bicyclic) bond motifs is 1. The molecule has 1 saturated heterocycles. The van der Waals surface area contributed by atoms with Crippen molar-refractivity contribution in [2.24, 2.45) is 11.8 Å². The highest BCUT2D eigenvalue weighted by atomic mass is 35.5. The van der Waals surface area contributed by atoms with Crippen molar-refractivity contribution < 1.29 is 22.8 Å². The molecular weight excluding hydrogens is 545 g/mol. The van der Waals surface area contributed by atoms with Gasteiger partial charge in [-0.3, -0.25) is 9.59 Å². The SMILES string of the molecule is Cl.O=C(N[C@H](c1cn2ncc(CNC(=O)[C@H]3NCCC[C@@H]3C(F)(F)F)cc2n1)C1CCCCC1)c1ccccc1. The summed E-state index contributed by atoms with van der Waals surface area (Å²) in [7, 11) is 0. The quantitative estimate of drug-likeness (QED) is 0.376. The van der Waals surface area contributed by atoms with E-state index >= 15 is 0 Å². The Kier molecular flexibility index (Phi) is 9.68. The molecule has 2 aliphatic rings. The third kappa shape index (κ3) is 6.93. The fraction of sp³-hybridized carbons (Fsp3) is 0.500. The maximum atomic E-state index is 13.4. The van der Waals surface area contributed by atoms with Crippen molar-refractivity contribution in [1.29, 1.82) is 0 Å². The van der Waals surface area contributed by atoms with Crippen LogP contribution in [0.25, 0.3) is 5.65 Å². The number of alkyl halides is 3. The molecule has 0 bridgehead atoms. The summed E-state index contributed by atoms with van der Waals surface area (Å²) in [6, 6.07) is 9.24. The number of aromatic nitrogens is 3. The van der Waals surface area contributed by atoms with E-state index in [4.69, 9.17) is 4.98 Å². The molecule has 3 N–H and O–H groups in total. The van der Waals surface area contributed by atoms with Gasteiger partial charge in [0.25, 0.3) is 5.91 Å². The number of hydrogen-bond acceptors (Lipinski definition) is 5. The minimum atomic E-state index is -4.44. The third-order valence-electron chi connectivity index (χ3n) is 7.79. The Hall–Kier alpha value is -3.18. The van der Waals surface area contributed by atoms with Crippen LogP contribution < -0.4 is 16.0 Å². The second-order valence-electron chi connectivity index (χ2n) is 10.5. The minimum Gasteiger partial charge on any atom is -0.351 e. The second-order valence-corrected chi connectivity index (χ2v) is 10.5. The molecule has 1 aliphatic heterocycles. The van der Waals surface area contributed by atoms with E-state index in [9.17, 15) is 22.8 Å². The van der Waals surface area contributed by atoms with Gasteiger partial charge in [0.1, 0.15) is 0 Å². The molecule has 2 aromatic heterocycles. The van der Waals surface area contributed by atoms with E-state index in [2.05, 4.69) is 21.0 Å². The highest BCUT2D eigenvalue weighted by Crippen LogP contribution is 2.35. The predicted octanol–water partition coefficient (Wildman–Crippen LogP) is 4.75. The summed E-state index contributed by atoms with van der Waals surface area (Å²) in [5.41, 5.74) is 2.45. The summed E-state index contributed by atoms with van der Waals surface area (Å²) >= 11 is 0. The summed E-state index contributed by atoms with van der Waals surface area (Å²) in [5, 5.41) is 12.9. The van der Waals surface area contributed by atoms with Crippen molar-refractivity contribution in [3.63, 3.8) is 0 Å². The molecule has 1 aliphatic carbocycles. The topological polar surface area (TPSA) is 100 Å². The lowest BCUT2D eigenvalue weighted by Gasteiger charge is -2.32. The second kappa shape index (κ2) is 13.0. The van der Waals surface area contributed by atoms with Gasteiger partial charge in [0.05, 0.1) is 36.1 Å². The first-order valence-corrected chi connectivity index (χ1v) is 13.6. The first kappa shape index (κ1) is 29.8. The Bertz CT molecular complexity index is 1300. The van der Waals surface area contributed by atoms with Crippen LogP contribution in [0.4, 0.5) is 13.2 Å². The van der Waals surface area contributed by atoms with Gasteiger partial charge in [0, 0.05) is 12.1 Å². The molecule has 1 saturated carbocycles. The summed E-state index contributed by atoms with van der Waals surface area (Å²) in [6.07, 6.45) is 4.61.